The molecule has 0 aromatic heterocycles. The minimum atomic E-state index is -1.93. The van der Waals surface area contributed by atoms with Gasteiger partial charge in [0.25, 0.3) is 0 Å². The average molecular weight is 393 g/mol. The van der Waals surface area contributed by atoms with Gasteiger partial charge in [-0.25, -0.2) is 0 Å². The first-order chi connectivity index (χ1) is 12.6. The van der Waals surface area contributed by atoms with Crippen LogP contribution in [0.5, 0.6) is 11.5 Å². The van der Waals surface area contributed by atoms with Crippen LogP contribution in [0.3, 0.4) is 0 Å². The predicted molar refractivity (Wildman–Crippen MR) is 108 cm³/mol. The molecule has 0 amide bonds. The van der Waals surface area contributed by atoms with Crippen molar-refractivity contribution >= 4 is 8.32 Å². The molecule has 2 heterocycles. The molecule has 2 aliphatic heterocycles. The van der Waals surface area contributed by atoms with E-state index < -0.39 is 8.32 Å². The highest BCUT2D eigenvalue weighted by Gasteiger charge is 2.49. The first kappa shape index (κ1) is 20.4. The summed E-state index contributed by atoms with van der Waals surface area (Å²) in [5.74, 6) is 1.58. The van der Waals surface area contributed by atoms with Crippen LogP contribution >= 0.6 is 0 Å². The lowest BCUT2D eigenvalue weighted by molar-refractivity contribution is -0.137. The van der Waals surface area contributed by atoms with E-state index in [1.165, 1.54) is 0 Å². The summed E-state index contributed by atoms with van der Waals surface area (Å²) in [5.41, 5.74) is 0. The van der Waals surface area contributed by atoms with Crippen molar-refractivity contribution in [2.24, 2.45) is 0 Å². The van der Waals surface area contributed by atoms with Gasteiger partial charge in [0.1, 0.15) is 29.8 Å². The van der Waals surface area contributed by atoms with E-state index in [1.807, 2.05) is 36.4 Å². The molecule has 0 radical (unpaired) electrons. The van der Waals surface area contributed by atoms with E-state index in [-0.39, 0.29) is 35.7 Å². The Labute approximate surface area is 163 Å². The van der Waals surface area contributed by atoms with Crippen molar-refractivity contribution in [3.63, 3.8) is 0 Å². The van der Waals surface area contributed by atoms with Crippen LogP contribution in [0, 0.1) is 0 Å². The summed E-state index contributed by atoms with van der Waals surface area (Å²) < 4.78 is 29.8. The van der Waals surface area contributed by atoms with Crippen LogP contribution in [0.15, 0.2) is 36.4 Å². The zero-order chi connectivity index (χ0) is 19.8. The monoisotopic (exact) mass is 392 g/mol. The smallest absolute Gasteiger partial charge is 0.195 e. The maximum absolute atomic E-state index is 6.42. The maximum Gasteiger partial charge on any atom is 0.195 e. The van der Waals surface area contributed by atoms with Crippen molar-refractivity contribution in [1.29, 1.82) is 0 Å². The van der Waals surface area contributed by atoms with Gasteiger partial charge in [-0.1, -0.05) is 20.8 Å². The third-order valence-electron chi connectivity index (χ3n) is 5.70. The zero-order valence-electron chi connectivity index (χ0n) is 17.4. The largest absolute Gasteiger partial charge is 0.497 e. The molecule has 2 aliphatic rings. The minimum absolute atomic E-state index is 0.0312. The van der Waals surface area contributed by atoms with Crippen LogP contribution < -0.4 is 9.47 Å². The highest BCUT2D eigenvalue weighted by molar-refractivity contribution is 6.74. The van der Waals surface area contributed by atoms with Gasteiger partial charge < -0.3 is 23.4 Å². The molecule has 1 fully saturated rings. The molecule has 1 unspecified atom stereocenters. The Morgan fingerprint density at radius 2 is 1.52 bits per heavy atom. The number of hydrogen-bond acceptors (Lipinski definition) is 5. The fourth-order valence-electron chi connectivity index (χ4n) is 2.85. The van der Waals surface area contributed by atoms with Crippen LogP contribution in [0.1, 0.15) is 27.7 Å². The molecule has 1 saturated heterocycles. The summed E-state index contributed by atoms with van der Waals surface area (Å²) >= 11 is 0. The molecule has 5 nitrogen and oxygen atoms in total. The maximum atomic E-state index is 6.42. The lowest BCUT2D eigenvalue weighted by atomic mass is 10.1. The van der Waals surface area contributed by atoms with Crippen molar-refractivity contribution in [1.82, 2.24) is 0 Å². The lowest BCUT2D eigenvalue weighted by Crippen LogP contribution is -2.49. The van der Waals surface area contributed by atoms with Gasteiger partial charge in [-0.15, -0.1) is 0 Å². The molecule has 27 heavy (non-hydrogen) atoms. The molecule has 0 N–H and O–H groups in total. The number of benzene rings is 1. The van der Waals surface area contributed by atoms with E-state index in [4.69, 9.17) is 23.4 Å². The highest BCUT2D eigenvalue weighted by Crippen LogP contribution is 2.39. The molecule has 6 heteroatoms. The van der Waals surface area contributed by atoms with Gasteiger partial charge in [0.05, 0.1) is 13.2 Å². The third-order valence-corrected chi connectivity index (χ3v) is 10.1. The Kier molecular flexibility index (Phi) is 5.73. The predicted octanol–water partition coefficient (Wildman–Crippen LogP) is 4.53. The summed E-state index contributed by atoms with van der Waals surface area (Å²) in [4.78, 5) is 0. The van der Waals surface area contributed by atoms with Crippen LogP contribution in [-0.4, -0.2) is 46.1 Å². The molecule has 0 aliphatic carbocycles. The Bertz CT molecular complexity index is 664. The fraction of sp³-hybridized carbons (Fsp3) is 0.619. The van der Waals surface area contributed by atoms with Gasteiger partial charge in [0, 0.05) is 0 Å². The minimum Gasteiger partial charge on any atom is -0.497 e. The van der Waals surface area contributed by atoms with Crippen molar-refractivity contribution < 1.29 is 23.4 Å². The fourth-order valence-corrected chi connectivity index (χ4v) is 3.92. The summed E-state index contributed by atoms with van der Waals surface area (Å²) in [7, 11) is -0.281. The van der Waals surface area contributed by atoms with Crippen molar-refractivity contribution in [3.8, 4) is 11.5 Å². The van der Waals surface area contributed by atoms with Crippen molar-refractivity contribution in [2.75, 3.05) is 7.11 Å². The summed E-state index contributed by atoms with van der Waals surface area (Å²) in [6, 6.07) is 7.58. The first-order valence-corrected chi connectivity index (χ1v) is 12.5. The van der Waals surface area contributed by atoms with E-state index in [9.17, 15) is 0 Å². The number of epoxide rings is 1. The molecule has 1 aromatic carbocycles. The van der Waals surface area contributed by atoms with Gasteiger partial charge in [0.2, 0.25) is 0 Å². The van der Waals surface area contributed by atoms with Crippen LogP contribution in [-0.2, 0) is 13.9 Å². The molecule has 5 atom stereocenters. The van der Waals surface area contributed by atoms with Crippen LogP contribution in [0.25, 0.3) is 0 Å². The molecule has 0 spiro atoms. The number of rotatable bonds is 6. The summed E-state index contributed by atoms with van der Waals surface area (Å²) in [6.07, 6.45) is 3.46. The van der Waals surface area contributed by atoms with Crippen LogP contribution in [0.2, 0.25) is 18.1 Å². The SMILES string of the molecule is COc1ccc(O[C@@H]2C=CC(O[Si](C)(C)C(C)(C)C)O[C@H]2[C@H]2O[C@@H]2C)cc1. The first-order valence-electron chi connectivity index (χ1n) is 9.58. The second-order valence-corrected chi connectivity index (χ2v) is 13.6. The topological polar surface area (TPSA) is 49.5 Å². The highest BCUT2D eigenvalue weighted by atomic mass is 28.4. The van der Waals surface area contributed by atoms with E-state index in [0.717, 1.165) is 11.5 Å². The molecular formula is C21H32O5Si. The molecular weight excluding hydrogens is 360 g/mol. The van der Waals surface area contributed by atoms with E-state index in [0.29, 0.717) is 0 Å². The second-order valence-electron chi connectivity index (χ2n) is 8.80. The van der Waals surface area contributed by atoms with Crippen molar-refractivity contribution in [3.05, 3.63) is 36.4 Å². The second kappa shape index (κ2) is 7.58. The normalized spacial score (nSPS) is 30.9. The van der Waals surface area contributed by atoms with E-state index in [1.54, 1.807) is 7.11 Å². The quantitative estimate of drug-likeness (QED) is 0.404. The Morgan fingerprint density at radius 1 is 0.926 bits per heavy atom. The van der Waals surface area contributed by atoms with Gasteiger partial charge in [-0.05, 0) is 61.5 Å². The number of hydrogen-bond donors (Lipinski definition) is 0. The third kappa shape index (κ3) is 4.74. The van der Waals surface area contributed by atoms with E-state index >= 15 is 0 Å². The number of ether oxygens (including phenoxy) is 4. The Morgan fingerprint density at radius 3 is 2.04 bits per heavy atom. The van der Waals surface area contributed by atoms with Crippen LogP contribution in [0.4, 0.5) is 0 Å². The molecule has 3 rings (SSSR count). The molecule has 0 bridgehead atoms. The number of methoxy groups -OCH3 is 1. The zero-order valence-corrected chi connectivity index (χ0v) is 18.4. The average Bonchev–Trinajstić information content (AvgIpc) is 3.32. The molecule has 150 valence electrons. The molecule has 1 aromatic rings. The van der Waals surface area contributed by atoms with E-state index in [2.05, 4.69) is 40.8 Å². The Hall–Kier alpha value is -1.34. The van der Waals surface area contributed by atoms with Gasteiger partial charge in [0.15, 0.2) is 14.6 Å². The van der Waals surface area contributed by atoms with Gasteiger partial charge in [-0.2, -0.15) is 0 Å². The summed E-state index contributed by atoms with van der Waals surface area (Å²) in [5, 5.41) is 0.125. The van der Waals surface area contributed by atoms with Gasteiger partial charge >= 0.3 is 0 Å². The Balaban J connectivity index is 1.72. The standard InChI is InChI=1S/C21H32O5Si/c1-14-19(23-14)20-17(24-16-10-8-15(22-5)9-11-16)12-13-18(25-20)26-27(6,7)21(2,3)4/h8-14,17-20H,1-7H3/t14-,17-,18?,19+,20-/m1/s1. The van der Waals surface area contributed by atoms with Gasteiger partial charge in [-0.3, -0.25) is 0 Å². The van der Waals surface area contributed by atoms with Crippen molar-refractivity contribution in [2.45, 2.75) is 76.5 Å². The summed E-state index contributed by atoms with van der Waals surface area (Å²) in [6.45, 7) is 13.2. The molecule has 0 saturated carbocycles. The lowest BCUT2D eigenvalue weighted by Gasteiger charge is -2.41.